The largest absolute Gasteiger partial charge is 0.388 e. The van der Waals surface area contributed by atoms with Gasteiger partial charge in [0.15, 0.2) is 0 Å². The van der Waals surface area contributed by atoms with Crippen LogP contribution in [0.3, 0.4) is 0 Å². The molecule has 1 unspecified atom stereocenters. The second kappa shape index (κ2) is 6.44. The van der Waals surface area contributed by atoms with E-state index in [4.69, 9.17) is 23.2 Å². The number of benzene rings is 2. The van der Waals surface area contributed by atoms with E-state index < -0.39 is 6.10 Å². The number of hydrogen-bond donors (Lipinski definition) is 1. The van der Waals surface area contributed by atoms with Gasteiger partial charge in [0.05, 0.1) is 16.1 Å². The van der Waals surface area contributed by atoms with Crippen molar-refractivity contribution in [3.63, 3.8) is 0 Å². The summed E-state index contributed by atoms with van der Waals surface area (Å²) in [7, 11) is 0. The van der Waals surface area contributed by atoms with Crippen molar-refractivity contribution in [2.75, 3.05) is 0 Å². The summed E-state index contributed by atoms with van der Waals surface area (Å²) in [6.45, 7) is 2.03. The third-order valence-corrected chi connectivity index (χ3v) is 5.36. The van der Waals surface area contributed by atoms with E-state index >= 15 is 0 Å². The summed E-state index contributed by atoms with van der Waals surface area (Å²) in [5.41, 5.74) is 2.95. The monoisotopic (exact) mass is 406 g/mol. The Morgan fingerprint density at radius 2 is 1.84 bits per heavy atom. The molecule has 1 nitrogen and oxygen atoms in total. The first-order valence-electron chi connectivity index (χ1n) is 5.86. The minimum absolute atomic E-state index is 0.457. The maximum absolute atomic E-state index is 10.4. The van der Waals surface area contributed by atoms with E-state index in [1.54, 1.807) is 6.07 Å². The molecule has 0 aromatic heterocycles. The molecule has 19 heavy (non-hydrogen) atoms. The second-order valence-corrected chi connectivity index (χ2v) is 6.27. The van der Waals surface area contributed by atoms with Crippen LogP contribution in [0.25, 0.3) is 0 Å². The molecule has 1 atom stereocenters. The van der Waals surface area contributed by atoms with Gasteiger partial charge in [-0.2, -0.15) is 0 Å². The van der Waals surface area contributed by atoms with Gasteiger partial charge in [0.1, 0.15) is 0 Å². The van der Waals surface area contributed by atoms with Crippen molar-refractivity contribution in [3.05, 3.63) is 66.7 Å². The Morgan fingerprint density at radius 1 is 1.16 bits per heavy atom. The molecule has 100 valence electrons. The van der Waals surface area contributed by atoms with Crippen LogP contribution in [0, 0.1) is 10.5 Å². The van der Waals surface area contributed by atoms with E-state index in [1.165, 1.54) is 0 Å². The molecular weight excluding hydrogens is 394 g/mol. The SMILES string of the molecule is Cc1cccc(C(O)Cc2cccc(Cl)c2Cl)c1I. The van der Waals surface area contributed by atoms with Gasteiger partial charge >= 0.3 is 0 Å². The van der Waals surface area contributed by atoms with Gasteiger partial charge in [0.25, 0.3) is 0 Å². The molecule has 0 aliphatic rings. The van der Waals surface area contributed by atoms with E-state index in [0.717, 1.165) is 20.3 Å². The smallest absolute Gasteiger partial charge is 0.0841 e. The van der Waals surface area contributed by atoms with Crippen LogP contribution in [0.4, 0.5) is 0 Å². The van der Waals surface area contributed by atoms with Gasteiger partial charge in [-0.15, -0.1) is 0 Å². The lowest BCUT2D eigenvalue weighted by Gasteiger charge is -2.15. The van der Waals surface area contributed by atoms with Crippen molar-refractivity contribution in [2.45, 2.75) is 19.4 Å². The van der Waals surface area contributed by atoms with Crippen LogP contribution in [-0.2, 0) is 6.42 Å². The molecule has 2 rings (SSSR count). The van der Waals surface area contributed by atoms with E-state index in [2.05, 4.69) is 22.6 Å². The maximum Gasteiger partial charge on any atom is 0.0841 e. The number of hydrogen-bond acceptors (Lipinski definition) is 1. The van der Waals surface area contributed by atoms with Gasteiger partial charge in [-0.3, -0.25) is 0 Å². The van der Waals surface area contributed by atoms with Gasteiger partial charge < -0.3 is 5.11 Å². The molecule has 2 aromatic carbocycles. The Morgan fingerprint density at radius 3 is 2.58 bits per heavy atom. The lowest BCUT2D eigenvalue weighted by molar-refractivity contribution is 0.177. The molecule has 0 aliphatic heterocycles. The summed E-state index contributed by atoms with van der Waals surface area (Å²) in [6.07, 6.45) is -0.124. The molecule has 0 spiro atoms. The maximum atomic E-state index is 10.4. The predicted octanol–water partition coefficient (Wildman–Crippen LogP) is 5.18. The molecule has 0 saturated carbocycles. The summed E-state index contributed by atoms with van der Waals surface area (Å²) in [4.78, 5) is 0. The molecule has 2 aromatic rings. The molecule has 0 heterocycles. The molecule has 0 fully saturated rings. The average Bonchev–Trinajstić information content (AvgIpc) is 2.38. The van der Waals surface area contributed by atoms with Crippen LogP contribution < -0.4 is 0 Å². The summed E-state index contributed by atoms with van der Waals surface area (Å²) in [6, 6.07) is 11.4. The molecule has 1 N–H and O–H groups in total. The Labute approximate surface area is 136 Å². The lowest BCUT2D eigenvalue weighted by atomic mass is 10.00. The first kappa shape index (κ1) is 15.1. The number of aryl methyl sites for hydroxylation is 1. The van der Waals surface area contributed by atoms with Crippen LogP contribution in [0.15, 0.2) is 36.4 Å². The fraction of sp³-hybridized carbons (Fsp3) is 0.200. The van der Waals surface area contributed by atoms with Crippen molar-refractivity contribution < 1.29 is 5.11 Å². The number of halogens is 3. The highest BCUT2D eigenvalue weighted by atomic mass is 127. The molecule has 4 heteroatoms. The number of rotatable bonds is 3. The van der Waals surface area contributed by atoms with Crippen molar-refractivity contribution in [1.29, 1.82) is 0 Å². The average molecular weight is 407 g/mol. The molecule has 0 amide bonds. The Hall–Kier alpha value is -0.290. The van der Waals surface area contributed by atoms with Crippen molar-refractivity contribution in [2.24, 2.45) is 0 Å². The van der Waals surface area contributed by atoms with Gasteiger partial charge in [-0.1, -0.05) is 53.5 Å². The zero-order chi connectivity index (χ0) is 14.0. The van der Waals surface area contributed by atoms with Crippen LogP contribution in [0.1, 0.15) is 22.8 Å². The van der Waals surface area contributed by atoms with Crippen LogP contribution in [-0.4, -0.2) is 5.11 Å². The van der Waals surface area contributed by atoms with Gasteiger partial charge in [-0.25, -0.2) is 0 Å². The van der Waals surface area contributed by atoms with Crippen LogP contribution >= 0.6 is 45.8 Å². The standard InChI is InChI=1S/C15H13Cl2IO/c1-9-4-2-6-11(15(9)18)13(19)8-10-5-3-7-12(16)14(10)17/h2-7,13,19H,8H2,1H3. The van der Waals surface area contributed by atoms with E-state index in [-0.39, 0.29) is 0 Å². The molecule has 0 bridgehead atoms. The highest BCUT2D eigenvalue weighted by Crippen LogP contribution is 2.31. The highest BCUT2D eigenvalue weighted by molar-refractivity contribution is 14.1. The minimum atomic E-state index is -0.581. The number of aliphatic hydroxyl groups excluding tert-OH is 1. The molecule has 0 radical (unpaired) electrons. The normalized spacial score (nSPS) is 12.5. The zero-order valence-electron chi connectivity index (χ0n) is 10.3. The van der Waals surface area contributed by atoms with Gasteiger partial charge in [-0.05, 0) is 52.3 Å². The van der Waals surface area contributed by atoms with Crippen molar-refractivity contribution >= 4 is 45.8 Å². The topological polar surface area (TPSA) is 20.2 Å². The van der Waals surface area contributed by atoms with E-state index in [0.29, 0.717) is 16.5 Å². The fourth-order valence-corrected chi connectivity index (χ4v) is 3.07. The third kappa shape index (κ3) is 3.43. The lowest BCUT2D eigenvalue weighted by Crippen LogP contribution is -2.05. The summed E-state index contributed by atoms with van der Waals surface area (Å²) in [5.74, 6) is 0. The summed E-state index contributed by atoms with van der Waals surface area (Å²) in [5, 5.41) is 11.4. The van der Waals surface area contributed by atoms with E-state index in [9.17, 15) is 5.11 Å². The Bertz CT molecular complexity index is 599. The van der Waals surface area contributed by atoms with Crippen LogP contribution in [0.5, 0.6) is 0 Å². The molecule has 0 aliphatic carbocycles. The van der Waals surface area contributed by atoms with Gasteiger partial charge in [0.2, 0.25) is 0 Å². The minimum Gasteiger partial charge on any atom is -0.388 e. The first-order chi connectivity index (χ1) is 9.00. The first-order valence-corrected chi connectivity index (χ1v) is 7.70. The fourth-order valence-electron chi connectivity index (χ4n) is 1.95. The van der Waals surface area contributed by atoms with Gasteiger partial charge in [0, 0.05) is 9.99 Å². The summed E-state index contributed by atoms with van der Waals surface area (Å²) >= 11 is 14.4. The van der Waals surface area contributed by atoms with Crippen molar-refractivity contribution in [3.8, 4) is 0 Å². The Balaban J connectivity index is 2.28. The quantitative estimate of drug-likeness (QED) is 0.696. The molecule has 0 saturated heterocycles. The zero-order valence-corrected chi connectivity index (χ0v) is 14.0. The third-order valence-electron chi connectivity index (χ3n) is 3.03. The number of aliphatic hydroxyl groups is 1. The Kier molecular flexibility index (Phi) is 5.12. The second-order valence-electron chi connectivity index (χ2n) is 4.41. The molecular formula is C15H13Cl2IO. The highest BCUT2D eigenvalue weighted by Gasteiger charge is 2.15. The van der Waals surface area contributed by atoms with E-state index in [1.807, 2.05) is 37.3 Å². The van der Waals surface area contributed by atoms with Crippen molar-refractivity contribution in [1.82, 2.24) is 0 Å². The predicted molar refractivity (Wildman–Crippen MR) is 89.0 cm³/mol. The summed E-state index contributed by atoms with van der Waals surface area (Å²) < 4.78 is 1.09. The van der Waals surface area contributed by atoms with Crippen LogP contribution in [0.2, 0.25) is 10.0 Å².